The van der Waals surface area contributed by atoms with Gasteiger partial charge in [0.25, 0.3) is 0 Å². The molecule has 0 saturated heterocycles. The van der Waals surface area contributed by atoms with Crippen LogP contribution in [0.25, 0.3) is 0 Å². The zero-order valence-electron chi connectivity index (χ0n) is 13.2. The lowest BCUT2D eigenvalue weighted by molar-refractivity contribution is 0.219. The maximum absolute atomic E-state index is 6.22. The van der Waals surface area contributed by atoms with Crippen LogP contribution in [0.2, 0.25) is 10.0 Å². The molecule has 0 heterocycles. The highest BCUT2D eigenvalue weighted by Crippen LogP contribution is 2.40. The number of hydrogen-bond donors (Lipinski definition) is 1. The molecule has 0 radical (unpaired) electrons. The van der Waals surface area contributed by atoms with Crippen molar-refractivity contribution < 1.29 is 4.74 Å². The van der Waals surface area contributed by atoms with Crippen molar-refractivity contribution in [1.29, 1.82) is 0 Å². The number of fused-ring (bicyclic) bond motifs is 1. The van der Waals surface area contributed by atoms with E-state index in [1.165, 1.54) is 11.1 Å². The Labute approximate surface area is 146 Å². The fraction of sp³-hybridized carbons (Fsp3) is 0.333. The molecular weight excluding hydrogens is 331 g/mol. The normalized spacial score (nSPS) is 20.4. The van der Waals surface area contributed by atoms with Gasteiger partial charge in [-0.3, -0.25) is 5.84 Å². The molecule has 2 aromatic carbocycles. The summed E-state index contributed by atoms with van der Waals surface area (Å²) >= 11 is 12.3. The van der Waals surface area contributed by atoms with Crippen LogP contribution in [0.3, 0.4) is 0 Å². The SMILES string of the molecule is COc1ccc2c(c1)C[C@@H](N(C)N)C[C@@H]2c1ccc(Cl)c(Cl)c1. The van der Waals surface area contributed by atoms with Crippen molar-refractivity contribution in [3.05, 3.63) is 63.1 Å². The van der Waals surface area contributed by atoms with Crippen LogP contribution in [0, 0.1) is 0 Å². The molecule has 0 aliphatic heterocycles. The Balaban J connectivity index is 2.06. The van der Waals surface area contributed by atoms with E-state index in [4.69, 9.17) is 33.8 Å². The summed E-state index contributed by atoms with van der Waals surface area (Å²) in [6.07, 6.45) is 1.86. The fourth-order valence-corrected chi connectivity index (χ4v) is 3.62. The first kappa shape index (κ1) is 16.6. The molecule has 0 bridgehead atoms. The minimum Gasteiger partial charge on any atom is -0.497 e. The number of methoxy groups -OCH3 is 1. The maximum Gasteiger partial charge on any atom is 0.119 e. The molecule has 0 spiro atoms. The standard InChI is InChI=1S/C18H20Cl2N2O/c1-22(21)13-7-12-8-14(23-2)4-5-15(12)16(10-13)11-3-6-17(19)18(20)9-11/h3-6,8-9,13,16H,7,10,21H2,1-2H3/t13-,16-/m1/s1. The molecule has 0 saturated carbocycles. The molecule has 1 aliphatic carbocycles. The maximum atomic E-state index is 6.22. The van der Waals surface area contributed by atoms with Crippen molar-refractivity contribution in [3.63, 3.8) is 0 Å². The van der Waals surface area contributed by atoms with Gasteiger partial charge in [-0.05, 0) is 53.8 Å². The van der Waals surface area contributed by atoms with Gasteiger partial charge in [0, 0.05) is 19.0 Å². The van der Waals surface area contributed by atoms with E-state index in [2.05, 4.69) is 12.1 Å². The average Bonchev–Trinajstić information content (AvgIpc) is 2.55. The highest BCUT2D eigenvalue weighted by atomic mass is 35.5. The third kappa shape index (κ3) is 3.33. The monoisotopic (exact) mass is 350 g/mol. The van der Waals surface area contributed by atoms with Crippen LogP contribution in [-0.2, 0) is 6.42 Å². The fourth-order valence-electron chi connectivity index (χ4n) is 3.32. The molecule has 2 N–H and O–H groups in total. The lowest BCUT2D eigenvalue weighted by atomic mass is 9.76. The summed E-state index contributed by atoms with van der Waals surface area (Å²) in [5.74, 6) is 7.16. The van der Waals surface area contributed by atoms with Gasteiger partial charge in [0.2, 0.25) is 0 Å². The summed E-state index contributed by atoms with van der Waals surface area (Å²) in [6.45, 7) is 0. The number of rotatable bonds is 3. The number of benzene rings is 2. The van der Waals surface area contributed by atoms with E-state index in [-0.39, 0.29) is 12.0 Å². The van der Waals surface area contributed by atoms with Crippen molar-refractivity contribution in [3.8, 4) is 5.75 Å². The van der Waals surface area contributed by atoms with E-state index in [0.29, 0.717) is 10.0 Å². The van der Waals surface area contributed by atoms with E-state index >= 15 is 0 Å². The summed E-state index contributed by atoms with van der Waals surface area (Å²) in [5, 5.41) is 2.96. The smallest absolute Gasteiger partial charge is 0.119 e. The minimum atomic E-state index is 0.246. The van der Waals surface area contributed by atoms with Gasteiger partial charge < -0.3 is 4.74 Å². The Morgan fingerprint density at radius 3 is 2.57 bits per heavy atom. The molecule has 0 aromatic heterocycles. The summed E-state index contributed by atoms with van der Waals surface area (Å²) in [6, 6.07) is 12.4. The molecule has 2 aromatic rings. The number of ether oxygens (including phenoxy) is 1. The van der Waals surface area contributed by atoms with Gasteiger partial charge in [-0.15, -0.1) is 0 Å². The van der Waals surface area contributed by atoms with Crippen LogP contribution in [0.15, 0.2) is 36.4 Å². The third-order valence-corrected chi connectivity index (χ3v) is 5.35. The van der Waals surface area contributed by atoms with Gasteiger partial charge in [-0.1, -0.05) is 35.3 Å². The van der Waals surface area contributed by atoms with Crippen molar-refractivity contribution in [1.82, 2.24) is 5.01 Å². The molecule has 3 nitrogen and oxygen atoms in total. The third-order valence-electron chi connectivity index (χ3n) is 4.61. The van der Waals surface area contributed by atoms with Crippen molar-refractivity contribution >= 4 is 23.2 Å². The predicted octanol–water partition coefficient (Wildman–Crippen LogP) is 4.25. The van der Waals surface area contributed by atoms with Gasteiger partial charge in [-0.2, -0.15) is 0 Å². The van der Waals surface area contributed by atoms with Gasteiger partial charge in [-0.25, -0.2) is 5.01 Å². The highest BCUT2D eigenvalue weighted by molar-refractivity contribution is 6.42. The number of hydrogen-bond acceptors (Lipinski definition) is 3. The molecule has 5 heteroatoms. The van der Waals surface area contributed by atoms with Crippen LogP contribution in [0.1, 0.15) is 29.0 Å². The first-order valence-corrected chi connectivity index (χ1v) is 8.34. The molecule has 1 aliphatic rings. The lowest BCUT2D eigenvalue weighted by Crippen LogP contribution is -2.42. The van der Waals surface area contributed by atoms with Crippen LogP contribution >= 0.6 is 23.2 Å². The number of nitrogens with zero attached hydrogens (tertiary/aromatic N) is 1. The zero-order chi connectivity index (χ0) is 16.6. The number of halogens is 2. The van der Waals surface area contributed by atoms with Gasteiger partial charge in [0.05, 0.1) is 17.2 Å². The lowest BCUT2D eigenvalue weighted by Gasteiger charge is -2.35. The predicted molar refractivity (Wildman–Crippen MR) is 95.4 cm³/mol. The Bertz CT molecular complexity index is 718. The number of hydrazine groups is 1. The largest absolute Gasteiger partial charge is 0.497 e. The molecule has 0 fully saturated rings. The zero-order valence-corrected chi connectivity index (χ0v) is 14.7. The first-order chi connectivity index (χ1) is 11.0. The summed E-state index contributed by atoms with van der Waals surface area (Å²) in [7, 11) is 3.61. The van der Waals surface area contributed by atoms with E-state index in [1.807, 2.05) is 31.3 Å². The minimum absolute atomic E-state index is 0.246. The molecule has 23 heavy (non-hydrogen) atoms. The molecule has 122 valence electrons. The molecule has 0 unspecified atom stereocenters. The van der Waals surface area contributed by atoms with E-state index in [0.717, 1.165) is 24.2 Å². The Kier molecular flexibility index (Phi) is 4.83. The Morgan fingerprint density at radius 1 is 1.13 bits per heavy atom. The number of nitrogens with two attached hydrogens (primary N) is 1. The summed E-state index contributed by atoms with van der Waals surface area (Å²) in [5.41, 5.74) is 3.74. The van der Waals surface area contributed by atoms with Crippen LogP contribution in [0.5, 0.6) is 5.75 Å². The van der Waals surface area contributed by atoms with Crippen molar-refractivity contribution in [2.45, 2.75) is 24.8 Å². The second-order valence-corrected chi connectivity index (χ2v) is 6.86. The Morgan fingerprint density at radius 2 is 1.91 bits per heavy atom. The van der Waals surface area contributed by atoms with Crippen LogP contribution in [-0.4, -0.2) is 25.2 Å². The van der Waals surface area contributed by atoms with Crippen molar-refractivity contribution in [2.24, 2.45) is 5.84 Å². The molecule has 2 atom stereocenters. The molecular formula is C18H20Cl2N2O. The quantitative estimate of drug-likeness (QED) is 0.664. The topological polar surface area (TPSA) is 38.5 Å². The summed E-state index contributed by atoms with van der Waals surface area (Å²) in [4.78, 5) is 0. The van der Waals surface area contributed by atoms with Gasteiger partial charge in [0.15, 0.2) is 0 Å². The first-order valence-electron chi connectivity index (χ1n) is 7.59. The second-order valence-electron chi connectivity index (χ2n) is 6.05. The molecule has 0 amide bonds. The van der Waals surface area contributed by atoms with E-state index < -0.39 is 0 Å². The second kappa shape index (κ2) is 6.70. The summed E-state index contributed by atoms with van der Waals surface area (Å²) < 4.78 is 5.37. The van der Waals surface area contributed by atoms with Gasteiger partial charge in [0.1, 0.15) is 5.75 Å². The number of likely N-dealkylation sites (N-methyl/N-ethyl adjacent to an activating group) is 1. The van der Waals surface area contributed by atoms with Crippen LogP contribution < -0.4 is 10.6 Å². The van der Waals surface area contributed by atoms with Crippen LogP contribution in [0.4, 0.5) is 0 Å². The van der Waals surface area contributed by atoms with Gasteiger partial charge >= 0.3 is 0 Å². The Hall–Kier alpha value is -1.26. The molecule has 3 rings (SSSR count). The highest BCUT2D eigenvalue weighted by Gasteiger charge is 2.30. The van der Waals surface area contributed by atoms with E-state index in [1.54, 1.807) is 12.1 Å². The van der Waals surface area contributed by atoms with Crippen molar-refractivity contribution in [2.75, 3.05) is 14.2 Å². The van der Waals surface area contributed by atoms with E-state index in [9.17, 15) is 0 Å². The average molecular weight is 351 g/mol.